The van der Waals surface area contributed by atoms with Gasteiger partial charge in [-0.25, -0.2) is 15.0 Å². The molecule has 1 aliphatic rings. The summed E-state index contributed by atoms with van der Waals surface area (Å²) in [7, 11) is 0. The molecule has 14 nitrogen and oxygen atoms in total. The molecule has 0 radical (unpaired) electrons. The van der Waals surface area contributed by atoms with Gasteiger partial charge in [-0.1, -0.05) is 329 Å². The van der Waals surface area contributed by atoms with E-state index in [0.717, 1.165) is 172 Å². The Labute approximate surface area is 816 Å². The zero-order valence-electron chi connectivity index (χ0n) is 77.3. The number of benzene rings is 19. The molecule has 31 rings (SSSR count). The van der Waals surface area contributed by atoms with Gasteiger partial charge in [-0.3, -0.25) is 0 Å². The average molecular weight is 1830 g/mol. The molecular weight excluding hydrogens is 1750 g/mol. The van der Waals surface area contributed by atoms with Gasteiger partial charge in [0.1, 0.15) is 27.9 Å². The Balaban J connectivity index is 0.000000102. The number of nitrogens with zero attached hydrogens (tertiary/aromatic N) is 10. The van der Waals surface area contributed by atoms with E-state index in [1.54, 1.807) is 0 Å². The molecule has 0 atom stereocenters. The van der Waals surface area contributed by atoms with Gasteiger partial charge in [-0.2, -0.15) is 15.0 Å². The second kappa shape index (κ2) is 32.0. The van der Waals surface area contributed by atoms with Gasteiger partial charge < -0.3 is 35.9 Å². The standard InChI is InChI=1S/C46H28N4O.C43H29N3O.C40H23N3O2/c1-3-14-29(15-4-1)44-43-35-22-9-12-25-42(35)51-46(43)48-45(47-44)30-16-13-19-32(26-30)50-39-24-11-8-21-34(39)37-27-36-33-20-7-10-23-38(33)49(40(36)28-41(37)50)31-17-5-2-6-18-31;1-43(2)34-20-9-6-17-29(34)32-24-33-30-18-7-10-21-36(30)46(37(33)25-35(32)43)28-16-12-15-27(23-28)41-44-40(26-13-4-3-5-14-26)39-31-19-8-11-22-38(31)47-42(39)45-41;1-2-12-24(13-3-1)38-37-28-17-7-11-21-35(28)45-40(37)42-39(41-38)27-16-5-9-19-32(27)43-31-18-8-4-14-25(31)29-22-30-26-15-6-10-20-34(26)44-36(30)23-33(29)43/h1-28H;3-25H,1-2H3;1-23H. The quantitative estimate of drug-likeness (QED) is 0.129. The fourth-order valence-electron chi connectivity index (χ4n) is 22.5. The number of fused-ring (bicyclic) bond motifs is 27. The van der Waals surface area contributed by atoms with Gasteiger partial charge in [0.25, 0.3) is 0 Å². The molecule has 11 heterocycles. The molecule has 0 saturated carbocycles. The van der Waals surface area contributed by atoms with Gasteiger partial charge in [0.2, 0.25) is 17.1 Å². The highest BCUT2D eigenvalue weighted by molar-refractivity contribution is 6.22. The Kier molecular flexibility index (Phi) is 18.1. The first-order valence-corrected chi connectivity index (χ1v) is 48.3. The highest BCUT2D eigenvalue weighted by Crippen LogP contribution is 2.53. The Bertz CT molecular complexity index is 10500. The number of furan rings is 4. The fourth-order valence-corrected chi connectivity index (χ4v) is 22.5. The summed E-state index contributed by atoms with van der Waals surface area (Å²) in [5, 5.41) is 17.8. The van der Waals surface area contributed by atoms with E-state index in [2.05, 4.69) is 354 Å². The first-order valence-electron chi connectivity index (χ1n) is 48.3. The number of para-hydroxylation sites is 10. The topological polar surface area (TPSA) is 150 Å². The first kappa shape index (κ1) is 81.0. The van der Waals surface area contributed by atoms with Crippen LogP contribution in [-0.2, 0) is 5.41 Å². The van der Waals surface area contributed by atoms with Crippen LogP contribution >= 0.6 is 0 Å². The number of hydrogen-bond acceptors (Lipinski definition) is 10. The van der Waals surface area contributed by atoms with E-state index >= 15 is 0 Å². The minimum Gasteiger partial charge on any atom is -0.456 e. The zero-order valence-corrected chi connectivity index (χ0v) is 77.3. The largest absolute Gasteiger partial charge is 0.456 e. The van der Waals surface area contributed by atoms with Crippen LogP contribution in [0.5, 0.6) is 0 Å². The fraction of sp³-hybridized carbons (Fsp3) is 0.0233. The summed E-state index contributed by atoms with van der Waals surface area (Å²) in [6.07, 6.45) is 0. The molecule has 11 aromatic heterocycles. The molecule has 143 heavy (non-hydrogen) atoms. The molecule has 0 saturated heterocycles. The van der Waals surface area contributed by atoms with Crippen molar-refractivity contribution in [1.82, 2.24) is 48.2 Å². The first-order chi connectivity index (χ1) is 70.7. The van der Waals surface area contributed by atoms with E-state index in [1.165, 1.54) is 82.0 Å². The normalized spacial score (nSPS) is 12.5. The maximum atomic E-state index is 6.35. The van der Waals surface area contributed by atoms with Gasteiger partial charge in [-0.05, 0) is 150 Å². The van der Waals surface area contributed by atoms with E-state index < -0.39 is 0 Å². The van der Waals surface area contributed by atoms with E-state index in [0.29, 0.717) is 34.6 Å². The molecule has 0 bridgehead atoms. The summed E-state index contributed by atoms with van der Waals surface area (Å²) in [6.45, 7) is 4.68. The average Bonchev–Trinajstić information content (AvgIpc) is 1.56. The van der Waals surface area contributed by atoms with Crippen LogP contribution in [0.25, 0.3) is 277 Å². The van der Waals surface area contributed by atoms with Crippen LogP contribution in [0.15, 0.2) is 467 Å². The molecule has 14 heteroatoms. The van der Waals surface area contributed by atoms with Crippen LogP contribution in [0.4, 0.5) is 0 Å². The molecule has 30 aromatic rings. The molecular formula is C129H80N10O4. The summed E-state index contributed by atoms with van der Waals surface area (Å²) < 4.78 is 34.8. The maximum Gasteiger partial charge on any atom is 0.231 e. The van der Waals surface area contributed by atoms with Gasteiger partial charge in [0, 0.05) is 132 Å². The molecule has 0 fully saturated rings. The molecule has 19 aromatic carbocycles. The predicted molar refractivity (Wildman–Crippen MR) is 583 cm³/mol. The Hall–Kier alpha value is -19.2. The van der Waals surface area contributed by atoms with Crippen LogP contribution in [-0.4, -0.2) is 48.2 Å². The third-order valence-electron chi connectivity index (χ3n) is 29.0. The van der Waals surface area contributed by atoms with Crippen LogP contribution < -0.4 is 0 Å². The van der Waals surface area contributed by atoms with Crippen molar-refractivity contribution in [3.63, 3.8) is 0 Å². The van der Waals surface area contributed by atoms with E-state index in [4.69, 9.17) is 47.6 Å². The lowest BCUT2D eigenvalue weighted by atomic mass is 9.82. The van der Waals surface area contributed by atoms with E-state index in [9.17, 15) is 0 Å². The third kappa shape index (κ3) is 12.8. The highest BCUT2D eigenvalue weighted by Gasteiger charge is 2.37. The lowest BCUT2D eigenvalue weighted by molar-refractivity contribution is 0.653. The third-order valence-corrected chi connectivity index (χ3v) is 29.0. The van der Waals surface area contributed by atoms with Crippen molar-refractivity contribution in [3.05, 3.63) is 460 Å². The summed E-state index contributed by atoms with van der Waals surface area (Å²) >= 11 is 0. The monoisotopic (exact) mass is 1830 g/mol. The van der Waals surface area contributed by atoms with Crippen molar-refractivity contribution in [1.29, 1.82) is 0 Å². The van der Waals surface area contributed by atoms with Gasteiger partial charge in [0.05, 0.1) is 83.1 Å². The second-order valence-corrected chi connectivity index (χ2v) is 37.4. The van der Waals surface area contributed by atoms with Crippen molar-refractivity contribution in [2.75, 3.05) is 0 Å². The van der Waals surface area contributed by atoms with Gasteiger partial charge in [0.15, 0.2) is 17.5 Å². The highest BCUT2D eigenvalue weighted by atomic mass is 16.3. The van der Waals surface area contributed by atoms with Gasteiger partial charge >= 0.3 is 0 Å². The van der Waals surface area contributed by atoms with Crippen molar-refractivity contribution < 1.29 is 17.7 Å². The number of rotatable bonds is 10. The van der Waals surface area contributed by atoms with E-state index in [-0.39, 0.29) is 5.41 Å². The Morgan fingerprint density at radius 1 is 0.189 bits per heavy atom. The van der Waals surface area contributed by atoms with Gasteiger partial charge in [-0.15, -0.1) is 0 Å². The van der Waals surface area contributed by atoms with Crippen LogP contribution in [0.3, 0.4) is 0 Å². The summed E-state index contributed by atoms with van der Waals surface area (Å²) in [5.74, 6) is 1.86. The van der Waals surface area contributed by atoms with Crippen LogP contribution in [0, 0.1) is 0 Å². The molecule has 1 aliphatic carbocycles. The van der Waals surface area contributed by atoms with Crippen molar-refractivity contribution in [2.24, 2.45) is 0 Å². The lowest BCUT2D eigenvalue weighted by Crippen LogP contribution is -2.14. The molecule has 670 valence electrons. The molecule has 0 aliphatic heterocycles. The van der Waals surface area contributed by atoms with Crippen molar-refractivity contribution in [3.8, 4) is 102 Å². The Morgan fingerprint density at radius 3 is 1.01 bits per heavy atom. The smallest absolute Gasteiger partial charge is 0.231 e. The lowest BCUT2D eigenvalue weighted by Gasteiger charge is -2.21. The minimum atomic E-state index is -0.0904. The summed E-state index contributed by atoms with van der Waals surface area (Å²) in [6, 6.07) is 157. The van der Waals surface area contributed by atoms with Crippen LogP contribution in [0.2, 0.25) is 0 Å². The number of aromatic nitrogens is 10. The zero-order chi connectivity index (χ0) is 94.2. The van der Waals surface area contributed by atoms with E-state index in [1.807, 2.05) is 127 Å². The molecule has 0 N–H and O–H groups in total. The molecule has 0 unspecified atom stereocenters. The van der Waals surface area contributed by atoms with Crippen LogP contribution in [0.1, 0.15) is 25.0 Å². The number of hydrogen-bond donors (Lipinski definition) is 0. The molecule has 0 amide bonds. The summed E-state index contributed by atoms with van der Waals surface area (Å²) in [5.41, 5.74) is 33.0. The maximum absolute atomic E-state index is 6.35. The predicted octanol–water partition coefficient (Wildman–Crippen LogP) is 33.7. The summed E-state index contributed by atoms with van der Waals surface area (Å²) in [4.78, 5) is 30.9. The second-order valence-electron chi connectivity index (χ2n) is 37.4. The SMILES string of the molecule is CC1(C)c2ccccc2-c2cc3c4ccccc4n(-c4cccc(-c5nc(-c6ccccc6)c6c(n5)oc5ccccc56)c4)c3cc21.c1ccc(-c2nc(-c3cccc(-n4c5ccccc5c5cc6c7ccccc7n(-c7ccccc7)c6cc54)c3)nc3oc4ccccc4c23)cc1.c1ccc(-c2nc(-c3ccccc3-n3c4ccccc4c4cc5c(cc43)oc3ccccc35)nc3oc4ccccc4c23)cc1. The Morgan fingerprint density at radius 2 is 0.524 bits per heavy atom. The molecule has 0 spiro atoms. The van der Waals surface area contributed by atoms with Crippen molar-refractivity contribution >= 4 is 175 Å². The minimum absolute atomic E-state index is 0.0904. The van der Waals surface area contributed by atoms with Crippen molar-refractivity contribution in [2.45, 2.75) is 19.3 Å².